The number of piperidine rings is 1. The van der Waals surface area contributed by atoms with Crippen LogP contribution >= 0.6 is 0 Å². The van der Waals surface area contributed by atoms with E-state index >= 15 is 0 Å². The van der Waals surface area contributed by atoms with Gasteiger partial charge in [-0.15, -0.1) is 0 Å². The number of hydrogen-bond donors (Lipinski definition) is 1. The molecule has 1 aromatic rings. The van der Waals surface area contributed by atoms with E-state index in [1.807, 2.05) is 0 Å². The molecule has 1 aliphatic heterocycles. The zero-order chi connectivity index (χ0) is 13.0. The van der Waals surface area contributed by atoms with Crippen molar-refractivity contribution in [3.8, 4) is 0 Å². The molecule has 1 aliphatic rings. The van der Waals surface area contributed by atoms with Gasteiger partial charge in [-0.1, -0.05) is 50.1 Å². The van der Waals surface area contributed by atoms with Gasteiger partial charge in [-0.2, -0.15) is 0 Å². The Hall–Kier alpha value is -0.820. The van der Waals surface area contributed by atoms with Crippen molar-refractivity contribution >= 4 is 0 Å². The van der Waals surface area contributed by atoms with E-state index in [0.29, 0.717) is 11.3 Å². The van der Waals surface area contributed by atoms with E-state index in [4.69, 9.17) is 0 Å². The molecule has 0 saturated carbocycles. The molecule has 0 radical (unpaired) electrons. The minimum Gasteiger partial charge on any atom is -0.316 e. The van der Waals surface area contributed by atoms with Crippen molar-refractivity contribution < 1.29 is 0 Å². The Morgan fingerprint density at radius 3 is 2.83 bits per heavy atom. The highest BCUT2D eigenvalue weighted by molar-refractivity contribution is 5.28. The lowest BCUT2D eigenvalue weighted by molar-refractivity contribution is 0.139. The van der Waals surface area contributed by atoms with Crippen molar-refractivity contribution in [2.45, 2.75) is 52.4 Å². The van der Waals surface area contributed by atoms with E-state index < -0.39 is 0 Å². The molecule has 100 valence electrons. The summed E-state index contributed by atoms with van der Waals surface area (Å²) in [5, 5.41) is 3.60. The zero-order valence-electron chi connectivity index (χ0n) is 12.1. The molecule has 1 heterocycles. The average Bonchev–Trinajstić information content (AvgIpc) is 2.39. The second kappa shape index (κ2) is 5.88. The van der Waals surface area contributed by atoms with Crippen molar-refractivity contribution in [1.82, 2.24) is 5.32 Å². The second-order valence-electron chi connectivity index (χ2n) is 5.89. The quantitative estimate of drug-likeness (QED) is 0.835. The molecule has 0 amide bonds. The zero-order valence-corrected chi connectivity index (χ0v) is 12.1. The summed E-state index contributed by atoms with van der Waals surface area (Å²) in [6, 6.07) is 9.13. The van der Waals surface area contributed by atoms with Crippen LogP contribution < -0.4 is 5.32 Å². The van der Waals surface area contributed by atoms with Crippen LogP contribution in [0.4, 0.5) is 0 Å². The van der Waals surface area contributed by atoms with Gasteiger partial charge in [-0.05, 0) is 43.7 Å². The van der Waals surface area contributed by atoms with Gasteiger partial charge in [0.25, 0.3) is 0 Å². The first-order valence-corrected chi connectivity index (χ1v) is 7.49. The van der Waals surface area contributed by atoms with Crippen molar-refractivity contribution in [3.05, 3.63) is 35.4 Å². The van der Waals surface area contributed by atoms with Gasteiger partial charge in [-0.25, -0.2) is 0 Å². The summed E-state index contributed by atoms with van der Waals surface area (Å²) in [7, 11) is 0. The lowest BCUT2D eigenvalue weighted by Crippen LogP contribution is -2.43. The van der Waals surface area contributed by atoms with Crippen LogP contribution in [0.15, 0.2) is 24.3 Å². The summed E-state index contributed by atoms with van der Waals surface area (Å²) in [5.74, 6) is 0.691. The van der Waals surface area contributed by atoms with Crippen LogP contribution in [0.2, 0.25) is 0 Å². The molecule has 0 bridgehead atoms. The van der Waals surface area contributed by atoms with Gasteiger partial charge in [0.2, 0.25) is 0 Å². The number of aryl methyl sites for hydroxylation is 1. The smallest absolute Gasteiger partial charge is 0.00255 e. The molecule has 0 aliphatic carbocycles. The van der Waals surface area contributed by atoms with E-state index in [1.54, 1.807) is 0 Å². The Balaban J connectivity index is 2.32. The molecule has 1 nitrogen and oxygen atoms in total. The predicted molar refractivity (Wildman–Crippen MR) is 79.0 cm³/mol. The average molecular weight is 245 g/mol. The van der Waals surface area contributed by atoms with Crippen LogP contribution in [-0.2, 0) is 0 Å². The summed E-state index contributed by atoms with van der Waals surface area (Å²) in [6.45, 7) is 9.25. The van der Waals surface area contributed by atoms with E-state index in [1.165, 1.54) is 43.4 Å². The standard InChI is InChI=1S/C17H27N/c1-4-9-17(5-2)10-11-18-13-16(17)15-8-6-7-14(3)12-15/h6-8,12,16,18H,4-5,9-11,13H2,1-3H3. The summed E-state index contributed by atoms with van der Waals surface area (Å²) in [5.41, 5.74) is 3.45. The monoisotopic (exact) mass is 245 g/mol. The molecule has 1 fully saturated rings. The summed E-state index contributed by atoms with van der Waals surface area (Å²) >= 11 is 0. The van der Waals surface area contributed by atoms with E-state index in [0.717, 1.165) is 6.54 Å². The summed E-state index contributed by atoms with van der Waals surface area (Å²) in [4.78, 5) is 0. The minimum atomic E-state index is 0.522. The molecule has 0 spiro atoms. The van der Waals surface area contributed by atoms with Crippen molar-refractivity contribution in [2.75, 3.05) is 13.1 Å². The molecule has 2 unspecified atom stereocenters. The molecule has 2 rings (SSSR count). The van der Waals surface area contributed by atoms with Crippen LogP contribution in [0.5, 0.6) is 0 Å². The van der Waals surface area contributed by atoms with Crippen LogP contribution in [0.3, 0.4) is 0 Å². The Labute approximate surface area is 112 Å². The summed E-state index contributed by atoms with van der Waals surface area (Å²) in [6.07, 6.45) is 5.30. The topological polar surface area (TPSA) is 12.0 Å². The SMILES string of the molecule is CCCC1(CC)CCNCC1c1cccc(C)c1. The molecule has 1 aromatic carbocycles. The maximum absolute atomic E-state index is 3.60. The molecule has 0 aromatic heterocycles. The molecule has 1 heteroatoms. The highest BCUT2D eigenvalue weighted by Crippen LogP contribution is 2.47. The Kier molecular flexibility index (Phi) is 4.45. The molecule has 18 heavy (non-hydrogen) atoms. The number of nitrogens with one attached hydrogen (secondary N) is 1. The largest absolute Gasteiger partial charge is 0.316 e. The fourth-order valence-electron chi connectivity index (χ4n) is 3.73. The molecule has 2 atom stereocenters. The van der Waals surface area contributed by atoms with Crippen LogP contribution in [0, 0.1) is 12.3 Å². The van der Waals surface area contributed by atoms with Gasteiger partial charge in [0.1, 0.15) is 0 Å². The third-order valence-corrected chi connectivity index (χ3v) is 4.78. The molecule has 1 saturated heterocycles. The van der Waals surface area contributed by atoms with E-state index in [-0.39, 0.29) is 0 Å². The van der Waals surface area contributed by atoms with Gasteiger partial charge in [0.05, 0.1) is 0 Å². The predicted octanol–water partition coefficient (Wildman–Crippen LogP) is 4.27. The van der Waals surface area contributed by atoms with Crippen molar-refractivity contribution in [2.24, 2.45) is 5.41 Å². The lowest BCUT2D eigenvalue weighted by Gasteiger charge is -2.45. The van der Waals surface area contributed by atoms with Gasteiger partial charge >= 0.3 is 0 Å². The first kappa shape index (κ1) is 13.6. The highest BCUT2D eigenvalue weighted by atomic mass is 14.9. The van der Waals surface area contributed by atoms with Crippen molar-refractivity contribution in [3.63, 3.8) is 0 Å². The Morgan fingerprint density at radius 1 is 1.33 bits per heavy atom. The minimum absolute atomic E-state index is 0.522. The Bertz CT molecular complexity index is 381. The maximum Gasteiger partial charge on any atom is 0.00255 e. The third kappa shape index (κ3) is 2.61. The number of hydrogen-bond acceptors (Lipinski definition) is 1. The molecular weight excluding hydrogens is 218 g/mol. The van der Waals surface area contributed by atoms with E-state index in [2.05, 4.69) is 50.4 Å². The maximum atomic E-state index is 3.60. The molecule has 1 N–H and O–H groups in total. The summed E-state index contributed by atoms with van der Waals surface area (Å²) < 4.78 is 0. The fraction of sp³-hybridized carbons (Fsp3) is 0.647. The Morgan fingerprint density at radius 2 is 2.17 bits per heavy atom. The second-order valence-corrected chi connectivity index (χ2v) is 5.89. The van der Waals surface area contributed by atoms with Crippen LogP contribution in [-0.4, -0.2) is 13.1 Å². The fourth-order valence-corrected chi connectivity index (χ4v) is 3.73. The number of benzene rings is 1. The van der Waals surface area contributed by atoms with Crippen LogP contribution in [0.25, 0.3) is 0 Å². The lowest BCUT2D eigenvalue weighted by atomic mass is 9.64. The highest BCUT2D eigenvalue weighted by Gasteiger charge is 2.39. The molecular formula is C17H27N. The van der Waals surface area contributed by atoms with Gasteiger partial charge in [0.15, 0.2) is 0 Å². The van der Waals surface area contributed by atoms with Crippen molar-refractivity contribution in [1.29, 1.82) is 0 Å². The van der Waals surface area contributed by atoms with Gasteiger partial charge in [0, 0.05) is 12.5 Å². The third-order valence-electron chi connectivity index (χ3n) is 4.78. The van der Waals surface area contributed by atoms with Crippen LogP contribution in [0.1, 0.15) is 56.6 Å². The normalized spacial score (nSPS) is 28.3. The first-order chi connectivity index (χ1) is 8.72. The van der Waals surface area contributed by atoms with E-state index in [9.17, 15) is 0 Å². The number of rotatable bonds is 4. The first-order valence-electron chi connectivity index (χ1n) is 7.49. The van der Waals surface area contributed by atoms with Gasteiger partial charge < -0.3 is 5.32 Å². The van der Waals surface area contributed by atoms with Gasteiger partial charge in [-0.3, -0.25) is 0 Å².